The highest BCUT2D eigenvalue weighted by atomic mass is 35.5. The molecule has 3 aromatic rings. The largest absolute Gasteiger partial charge is 0.480 e. The summed E-state index contributed by atoms with van der Waals surface area (Å²) in [6, 6.07) is 25.4. The van der Waals surface area contributed by atoms with Crippen molar-refractivity contribution >= 4 is 17.6 Å². The maximum atomic E-state index is 12.4. The Labute approximate surface area is 181 Å². The van der Waals surface area contributed by atoms with Gasteiger partial charge in [0, 0.05) is 10.4 Å². The van der Waals surface area contributed by atoms with Crippen molar-refractivity contribution in [1.29, 1.82) is 5.26 Å². The van der Waals surface area contributed by atoms with Crippen LogP contribution in [-0.2, 0) is 16.6 Å². The summed E-state index contributed by atoms with van der Waals surface area (Å²) >= 11 is 5.97. The van der Waals surface area contributed by atoms with Crippen LogP contribution in [0.3, 0.4) is 0 Å². The van der Waals surface area contributed by atoms with Crippen molar-refractivity contribution in [1.82, 2.24) is 0 Å². The fourth-order valence-electron chi connectivity index (χ4n) is 3.75. The number of nitriles is 1. The number of benzene rings is 3. The van der Waals surface area contributed by atoms with Gasteiger partial charge in [0.1, 0.15) is 11.5 Å². The molecule has 152 valence electrons. The molecule has 0 aliphatic rings. The van der Waals surface area contributed by atoms with Gasteiger partial charge in [-0.15, -0.1) is 0 Å². The molecule has 0 aliphatic heterocycles. The Kier molecular flexibility index (Phi) is 6.14. The topological polar surface area (TPSA) is 70.3 Å². The Hall–Kier alpha value is -3.29. The minimum Gasteiger partial charge on any atom is -0.480 e. The van der Waals surface area contributed by atoms with Crippen molar-refractivity contribution in [2.45, 2.75) is 25.7 Å². The first kappa shape index (κ1) is 21.4. The molecule has 0 spiro atoms. The summed E-state index contributed by atoms with van der Waals surface area (Å²) in [5.74, 6) is 0.180. The first-order chi connectivity index (χ1) is 14.3. The van der Waals surface area contributed by atoms with Gasteiger partial charge in [0.25, 0.3) is 0 Å². The molecule has 1 atom stereocenters. The molecule has 1 N–H and O–H groups in total. The number of aliphatic carboxylic acids is 1. The van der Waals surface area contributed by atoms with E-state index in [0.29, 0.717) is 28.5 Å². The lowest BCUT2D eigenvalue weighted by Crippen LogP contribution is -2.48. The third-order valence-corrected chi connectivity index (χ3v) is 5.56. The van der Waals surface area contributed by atoms with Gasteiger partial charge in [-0.1, -0.05) is 67.9 Å². The van der Waals surface area contributed by atoms with Crippen molar-refractivity contribution in [3.63, 3.8) is 0 Å². The van der Waals surface area contributed by atoms with E-state index in [0.717, 1.165) is 5.56 Å². The van der Waals surface area contributed by atoms with Gasteiger partial charge in [-0.25, -0.2) is 0 Å². The molecule has 0 saturated heterocycles. The molecule has 3 aromatic carbocycles. The van der Waals surface area contributed by atoms with Crippen molar-refractivity contribution in [3.05, 3.63) is 95.0 Å². The number of rotatable bonds is 7. The summed E-state index contributed by atoms with van der Waals surface area (Å²) in [5, 5.41) is 20.7. The summed E-state index contributed by atoms with van der Waals surface area (Å²) in [7, 11) is 0. The van der Waals surface area contributed by atoms with E-state index in [1.54, 1.807) is 38.1 Å². The second-order valence-corrected chi connectivity index (χ2v) is 8.23. The quantitative estimate of drug-likeness (QED) is 0.491. The lowest BCUT2D eigenvalue weighted by atomic mass is 9.60. The number of hydrogen-bond acceptors (Lipinski definition) is 3. The van der Waals surface area contributed by atoms with E-state index in [-0.39, 0.29) is 0 Å². The first-order valence-corrected chi connectivity index (χ1v) is 9.89. The fourth-order valence-corrected chi connectivity index (χ4v) is 3.88. The van der Waals surface area contributed by atoms with Crippen LogP contribution in [0.1, 0.15) is 25.0 Å². The van der Waals surface area contributed by atoms with Gasteiger partial charge < -0.3 is 9.84 Å². The molecule has 0 fully saturated rings. The van der Waals surface area contributed by atoms with E-state index in [9.17, 15) is 15.2 Å². The molecule has 0 aromatic heterocycles. The van der Waals surface area contributed by atoms with Crippen LogP contribution in [0.2, 0.25) is 5.02 Å². The van der Waals surface area contributed by atoms with Crippen LogP contribution < -0.4 is 4.74 Å². The van der Waals surface area contributed by atoms with Gasteiger partial charge >= 0.3 is 5.97 Å². The van der Waals surface area contributed by atoms with Crippen LogP contribution >= 0.6 is 11.6 Å². The van der Waals surface area contributed by atoms with Gasteiger partial charge in [0.15, 0.2) is 5.41 Å². The summed E-state index contributed by atoms with van der Waals surface area (Å²) < 4.78 is 5.89. The summed E-state index contributed by atoms with van der Waals surface area (Å²) in [6.07, 6.45) is 0.363. The molecule has 30 heavy (non-hydrogen) atoms. The Bertz CT molecular complexity index is 1070. The first-order valence-electron chi connectivity index (χ1n) is 9.51. The highest BCUT2D eigenvalue weighted by Crippen LogP contribution is 2.45. The molecule has 5 heteroatoms. The average Bonchev–Trinajstić information content (AvgIpc) is 2.70. The van der Waals surface area contributed by atoms with E-state index in [4.69, 9.17) is 16.3 Å². The highest BCUT2D eigenvalue weighted by Gasteiger charge is 2.53. The van der Waals surface area contributed by atoms with Crippen LogP contribution in [0.15, 0.2) is 78.9 Å². The predicted octanol–water partition coefficient (Wildman–Crippen LogP) is 6.25. The van der Waals surface area contributed by atoms with E-state index >= 15 is 0 Å². The van der Waals surface area contributed by atoms with Crippen molar-refractivity contribution < 1.29 is 14.6 Å². The van der Waals surface area contributed by atoms with Crippen molar-refractivity contribution in [3.8, 4) is 17.6 Å². The zero-order chi connectivity index (χ0) is 21.8. The molecule has 4 nitrogen and oxygen atoms in total. The van der Waals surface area contributed by atoms with E-state index in [1.807, 2.05) is 54.6 Å². The van der Waals surface area contributed by atoms with E-state index in [1.165, 1.54) is 0 Å². The summed E-state index contributed by atoms with van der Waals surface area (Å²) in [6.45, 7) is 3.59. The molecule has 0 saturated carbocycles. The summed E-state index contributed by atoms with van der Waals surface area (Å²) in [4.78, 5) is 12.4. The zero-order valence-corrected chi connectivity index (χ0v) is 17.6. The lowest BCUT2D eigenvalue weighted by molar-refractivity contribution is -0.145. The van der Waals surface area contributed by atoms with Crippen molar-refractivity contribution in [2.24, 2.45) is 5.41 Å². The zero-order valence-electron chi connectivity index (χ0n) is 16.8. The Morgan fingerprint density at radius 2 is 1.63 bits per heavy atom. The third-order valence-electron chi connectivity index (χ3n) is 5.30. The van der Waals surface area contributed by atoms with Crippen LogP contribution in [0.25, 0.3) is 0 Å². The van der Waals surface area contributed by atoms with Gasteiger partial charge in [-0.2, -0.15) is 5.26 Å². The molecule has 0 aliphatic carbocycles. The number of ether oxygens (including phenoxy) is 1. The smallest absolute Gasteiger partial charge is 0.329 e. The van der Waals surface area contributed by atoms with E-state index in [2.05, 4.69) is 6.07 Å². The van der Waals surface area contributed by atoms with Crippen LogP contribution in [-0.4, -0.2) is 11.1 Å². The molecule has 3 rings (SSSR count). The number of para-hydroxylation sites is 1. The number of halogens is 1. The standard InChI is InChI=1S/C25H22ClNO3/c1-24(2,25(17-27,23(28)29)19-11-13-20(26)14-12-19)16-18-7-6-10-22(15-18)30-21-8-4-3-5-9-21/h3-15H,16H2,1-2H3,(H,28,29). The molecule has 0 heterocycles. The second kappa shape index (κ2) is 8.61. The van der Waals surface area contributed by atoms with Crippen LogP contribution in [0, 0.1) is 16.7 Å². The van der Waals surface area contributed by atoms with Gasteiger partial charge in [0.2, 0.25) is 0 Å². The fraction of sp³-hybridized carbons (Fsp3) is 0.200. The van der Waals surface area contributed by atoms with E-state index < -0.39 is 16.8 Å². The average molecular weight is 420 g/mol. The van der Waals surface area contributed by atoms with Gasteiger partial charge in [0.05, 0.1) is 6.07 Å². The van der Waals surface area contributed by atoms with Crippen molar-refractivity contribution in [2.75, 3.05) is 0 Å². The molecule has 1 unspecified atom stereocenters. The minimum absolute atomic E-state index is 0.363. The monoisotopic (exact) mass is 419 g/mol. The SMILES string of the molecule is CC(C)(Cc1cccc(Oc2ccccc2)c1)C(C#N)(C(=O)O)c1ccc(Cl)cc1. The maximum absolute atomic E-state index is 12.4. The number of nitrogens with zero attached hydrogens (tertiary/aromatic N) is 1. The number of carboxylic acids is 1. The van der Waals surface area contributed by atoms with Gasteiger partial charge in [-0.05, 0) is 53.9 Å². The lowest BCUT2D eigenvalue weighted by Gasteiger charge is -2.39. The summed E-state index contributed by atoms with van der Waals surface area (Å²) in [5.41, 5.74) is -1.38. The number of carbonyl (C=O) groups is 1. The normalized spacial score (nSPS) is 13.1. The predicted molar refractivity (Wildman–Crippen MR) is 117 cm³/mol. The minimum atomic E-state index is -1.74. The molecular weight excluding hydrogens is 398 g/mol. The third kappa shape index (κ3) is 4.17. The molecule has 0 bridgehead atoms. The highest BCUT2D eigenvalue weighted by molar-refractivity contribution is 6.30. The van der Waals surface area contributed by atoms with Gasteiger partial charge in [-0.3, -0.25) is 4.79 Å². The number of hydrogen-bond donors (Lipinski definition) is 1. The number of carboxylic acid groups (broad SMARTS) is 1. The maximum Gasteiger partial charge on any atom is 0.329 e. The second-order valence-electron chi connectivity index (χ2n) is 7.80. The Morgan fingerprint density at radius 3 is 2.23 bits per heavy atom. The molecular formula is C25H22ClNO3. The molecule has 0 radical (unpaired) electrons. The van der Waals surface area contributed by atoms with Crippen LogP contribution in [0.5, 0.6) is 11.5 Å². The Balaban J connectivity index is 1.95. The molecule has 0 amide bonds. The van der Waals surface area contributed by atoms with Crippen LogP contribution in [0.4, 0.5) is 0 Å². The Morgan fingerprint density at radius 1 is 1.00 bits per heavy atom.